The van der Waals surface area contributed by atoms with Gasteiger partial charge in [-0.3, -0.25) is 19.4 Å². The fraction of sp³-hybridized carbons (Fsp3) is 0.516. The maximum absolute atomic E-state index is 13.3. The molecule has 42 heavy (non-hydrogen) atoms. The molecule has 0 bridgehead atoms. The van der Waals surface area contributed by atoms with Crippen molar-refractivity contribution in [2.75, 3.05) is 54.0 Å². The molecule has 1 aromatic carbocycles. The normalized spacial score (nSPS) is 23.6. The van der Waals surface area contributed by atoms with Crippen molar-refractivity contribution in [3.63, 3.8) is 0 Å². The van der Waals surface area contributed by atoms with Crippen molar-refractivity contribution in [2.45, 2.75) is 62.8 Å². The topological polar surface area (TPSA) is 98.7 Å². The van der Waals surface area contributed by atoms with Gasteiger partial charge in [0.1, 0.15) is 0 Å². The predicted molar refractivity (Wildman–Crippen MR) is 170 cm³/mol. The second kappa shape index (κ2) is 10.3. The number of nitrogens with zero attached hydrogens (tertiary/aromatic N) is 5. The third kappa shape index (κ3) is 4.62. The molecule has 11 heteroatoms. The molecule has 2 aromatic heterocycles. The van der Waals surface area contributed by atoms with Gasteiger partial charge in [0.2, 0.25) is 15.9 Å². The largest absolute Gasteiger partial charge is 0.353 e. The molecule has 3 aliphatic heterocycles. The zero-order chi connectivity index (χ0) is 28.6. The molecule has 1 unspecified atom stereocenters. The van der Waals surface area contributed by atoms with E-state index in [0.29, 0.717) is 11.5 Å². The molecule has 1 amide bonds. The maximum Gasteiger partial charge on any atom is 0.237 e. The van der Waals surface area contributed by atoms with E-state index in [9.17, 15) is 13.2 Å². The molecule has 5 heterocycles. The summed E-state index contributed by atoms with van der Waals surface area (Å²) < 4.78 is 27.7. The summed E-state index contributed by atoms with van der Waals surface area (Å²) in [6.07, 6.45) is 12.4. The summed E-state index contributed by atoms with van der Waals surface area (Å²) in [5.41, 5.74) is 4.65. The average Bonchev–Trinajstić information content (AvgIpc) is 3.44. The molecule has 2 saturated heterocycles. The Kier molecular flexibility index (Phi) is 7.18. The number of piperidine rings is 1. The van der Waals surface area contributed by atoms with Crippen molar-refractivity contribution in [1.29, 1.82) is 0 Å². The molecular formula is C31H39ClN6O3S. The smallest absolute Gasteiger partial charge is 0.237 e. The first-order valence-electron chi connectivity index (χ1n) is 14.8. The molecule has 4 aliphatic rings. The number of anilines is 3. The number of likely N-dealkylation sites (N-methyl/N-ethyl adjacent to an activating group) is 1. The number of carbonyl (C=O) groups is 1. The molecular weight excluding hydrogens is 572 g/mol. The van der Waals surface area contributed by atoms with Crippen molar-refractivity contribution >= 4 is 56.4 Å². The number of likely N-dealkylation sites (tertiary alicyclic amines) is 1. The predicted octanol–water partition coefficient (Wildman–Crippen LogP) is 4.94. The lowest BCUT2D eigenvalue weighted by atomic mass is 9.64. The highest BCUT2D eigenvalue weighted by Crippen LogP contribution is 2.55. The first kappa shape index (κ1) is 29.1. The van der Waals surface area contributed by atoms with Crippen LogP contribution >= 0.6 is 12.4 Å². The molecule has 1 atom stereocenters. The monoisotopic (exact) mass is 610 g/mol. The van der Waals surface area contributed by atoms with Crippen LogP contribution in [-0.4, -0.2) is 74.2 Å². The fourth-order valence-electron chi connectivity index (χ4n) is 7.61. The van der Waals surface area contributed by atoms with E-state index >= 15 is 0 Å². The van der Waals surface area contributed by atoms with E-state index in [1.54, 1.807) is 4.90 Å². The van der Waals surface area contributed by atoms with Crippen molar-refractivity contribution in [2.24, 2.45) is 0 Å². The summed E-state index contributed by atoms with van der Waals surface area (Å²) in [5.74, 6) is 0.829. The molecule has 1 saturated carbocycles. The number of amides is 1. The minimum atomic E-state index is -3.52. The van der Waals surface area contributed by atoms with E-state index in [1.165, 1.54) is 25.5 Å². The van der Waals surface area contributed by atoms with Gasteiger partial charge < -0.3 is 9.80 Å². The van der Waals surface area contributed by atoms with Crippen LogP contribution in [0.4, 0.5) is 17.2 Å². The molecule has 224 valence electrons. The maximum atomic E-state index is 13.3. The Hall–Kier alpha value is -2.95. The van der Waals surface area contributed by atoms with Crippen LogP contribution in [0.3, 0.4) is 0 Å². The summed E-state index contributed by atoms with van der Waals surface area (Å²) in [4.78, 5) is 29.4. The Morgan fingerprint density at radius 3 is 2.38 bits per heavy atom. The molecule has 3 aromatic rings. The van der Waals surface area contributed by atoms with E-state index in [1.807, 2.05) is 37.6 Å². The second-order valence-electron chi connectivity index (χ2n) is 12.7. The minimum absolute atomic E-state index is 0. The fourth-order valence-corrected chi connectivity index (χ4v) is 8.16. The first-order chi connectivity index (χ1) is 19.6. The van der Waals surface area contributed by atoms with E-state index in [0.717, 1.165) is 85.1 Å². The number of sulfonamides is 1. The standard InChI is InChI=1S/C31H38N6O3S.ClH/c1-30(37-13-5-4-6-14-37)12-15-36(20-30)28-25(34-41(3,39)40)17-22(18-33-28)21-8-9-24-23(16-21)27-26(19-32-24)35(2)29(38)31(27)10-7-11-31;/h8-9,16-19,34H,4-7,10-15,20H2,1-3H3;1H. The zero-order valence-electron chi connectivity index (χ0n) is 24.5. The number of aromatic nitrogens is 2. The first-order valence-corrected chi connectivity index (χ1v) is 16.7. The van der Waals surface area contributed by atoms with Crippen molar-refractivity contribution in [1.82, 2.24) is 14.9 Å². The SMILES string of the molecule is CN1C(=O)C2(CCC2)c2c1cnc1ccc(-c3cnc(N4CCC(C)(N5CCCCC5)C4)c(NS(C)(=O)=O)c3)cc21.Cl. The minimum Gasteiger partial charge on any atom is -0.353 e. The molecule has 1 aliphatic carbocycles. The highest BCUT2D eigenvalue weighted by Gasteiger charge is 2.54. The van der Waals surface area contributed by atoms with Gasteiger partial charge >= 0.3 is 0 Å². The number of hydrogen-bond donors (Lipinski definition) is 1. The van der Waals surface area contributed by atoms with E-state index in [4.69, 9.17) is 4.98 Å². The van der Waals surface area contributed by atoms with Gasteiger partial charge in [0.25, 0.3) is 0 Å². The highest BCUT2D eigenvalue weighted by molar-refractivity contribution is 7.92. The van der Waals surface area contributed by atoms with E-state index in [-0.39, 0.29) is 23.9 Å². The van der Waals surface area contributed by atoms with Crippen LogP contribution in [0.1, 0.15) is 57.4 Å². The van der Waals surface area contributed by atoms with Crippen LogP contribution in [-0.2, 0) is 20.2 Å². The van der Waals surface area contributed by atoms with E-state index in [2.05, 4.69) is 32.5 Å². The number of halogens is 1. The Bertz CT molecular complexity index is 1670. The number of benzene rings is 1. The summed E-state index contributed by atoms with van der Waals surface area (Å²) in [6.45, 7) is 6.21. The Balaban J connectivity index is 0.00000316. The molecule has 1 spiro atoms. The van der Waals surface area contributed by atoms with Crippen LogP contribution in [0.5, 0.6) is 0 Å². The number of fused-ring (bicyclic) bond motifs is 4. The number of carbonyl (C=O) groups excluding carboxylic acids is 1. The van der Waals surface area contributed by atoms with Gasteiger partial charge in [-0.15, -0.1) is 12.4 Å². The Morgan fingerprint density at radius 1 is 0.929 bits per heavy atom. The lowest BCUT2D eigenvalue weighted by Gasteiger charge is -2.41. The summed E-state index contributed by atoms with van der Waals surface area (Å²) in [5, 5.41) is 0.982. The molecule has 9 nitrogen and oxygen atoms in total. The zero-order valence-corrected chi connectivity index (χ0v) is 26.2. The van der Waals surface area contributed by atoms with Crippen molar-refractivity contribution in [3.05, 3.63) is 42.2 Å². The van der Waals surface area contributed by atoms with Crippen LogP contribution in [0.15, 0.2) is 36.7 Å². The summed E-state index contributed by atoms with van der Waals surface area (Å²) >= 11 is 0. The highest BCUT2D eigenvalue weighted by atomic mass is 35.5. The molecule has 3 fully saturated rings. The number of pyridine rings is 2. The second-order valence-corrected chi connectivity index (χ2v) is 14.5. The third-order valence-corrected chi connectivity index (χ3v) is 10.6. The van der Waals surface area contributed by atoms with Gasteiger partial charge in [-0.25, -0.2) is 13.4 Å². The summed E-state index contributed by atoms with van der Waals surface area (Å²) in [7, 11) is -1.68. The van der Waals surface area contributed by atoms with Crippen LogP contribution in [0.2, 0.25) is 0 Å². The van der Waals surface area contributed by atoms with Gasteiger partial charge in [-0.1, -0.05) is 18.9 Å². The number of hydrogen-bond acceptors (Lipinski definition) is 7. The molecule has 0 radical (unpaired) electrons. The summed E-state index contributed by atoms with van der Waals surface area (Å²) in [6, 6.07) is 7.98. The Labute approximate surface area is 254 Å². The number of rotatable bonds is 5. The van der Waals surface area contributed by atoms with Crippen LogP contribution in [0.25, 0.3) is 22.0 Å². The van der Waals surface area contributed by atoms with Crippen molar-refractivity contribution in [3.8, 4) is 11.1 Å². The lowest BCUT2D eigenvalue weighted by Crippen LogP contribution is -2.50. The van der Waals surface area contributed by atoms with Gasteiger partial charge in [0, 0.05) is 48.4 Å². The van der Waals surface area contributed by atoms with Gasteiger partial charge in [-0.05, 0) is 75.9 Å². The van der Waals surface area contributed by atoms with Gasteiger partial charge in [0.05, 0.1) is 34.8 Å². The lowest BCUT2D eigenvalue weighted by molar-refractivity contribution is -0.125. The van der Waals surface area contributed by atoms with Gasteiger partial charge in [-0.2, -0.15) is 0 Å². The van der Waals surface area contributed by atoms with Crippen LogP contribution in [0, 0.1) is 0 Å². The average molecular weight is 611 g/mol. The van der Waals surface area contributed by atoms with Gasteiger partial charge in [0.15, 0.2) is 5.82 Å². The van der Waals surface area contributed by atoms with Crippen molar-refractivity contribution < 1.29 is 13.2 Å². The van der Waals surface area contributed by atoms with E-state index < -0.39 is 15.4 Å². The van der Waals surface area contributed by atoms with Crippen LogP contribution < -0.4 is 14.5 Å². The quantitative estimate of drug-likeness (QED) is 0.437. The molecule has 7 rings (SSSR count). The third-order valence-electron chi connectivity index (χ3n) is 9.98. The Morgan fingerprint density at radius 2 is 1.69 bits per heavy atom. The molecule has 1 N–H and O–H groups in total. The number of nitrogens with one attached hydrogen (secondary N) is 1.